The molecule has 0 aliphatic carbocycles. The van der Waals surface area contributed by atoms with E-state index in [1.54, 1.807) is 13.1 Å². The van der Waals surface area contributed by atoms with E-state index in [4.69, 9.17) is 0 Å². The van der Waals surface area contributed by atoms with E-state index in [9.17, 15) is 14.4 Å². The maximum absolute atomic E-state index is 12.6. The third-order valence-corrected chi connectivity index (χ3v) is 5.17. The van der Waals surface area contributed by atoms with Gasteiger partial charge in [0.1, 0.15) is 0 Å². The van der Waals surface area contributed by atoms with E-state index < -0.39 is 0 Å². The SMILES string of the molecule is Cc1cccc(C)c1NC(=O)CN(C)C(=O)CCn1cnc2c(C)cccc2c1=O. The number of benzene rings is 2. The molecule has 156 valence electrons. The second-order valence-electron chi connectivity index (χ2n) is 7.53. The van der Waals surface area contributed by atoms with Gasteiger partial charge in [-0.1, -0.05) is 30.3 Å². The average molecular weight is 406 g/mol. The minimum absolute atomic E-state index is 0.0589. The monoisotopic (exact) mass is 406 g/mol. The Hall–Kier alpha value is -3.48. The third-order valence-electron chi connectivity index (χ3n) is 5.17. The van der Waals surface area contributed by atoms with Crippen molar-refractivity contribution in [1.29, 1.82) is 0 Å². The van der Waals surface area contributed by atoms with Crippen LogP contribution in [0.5, 0.6) is 0 Å². The van der Waals surface area contributed by atoms with Crippen molar-refractivity contribution >= 4 is 28.4 Å². The molecule has 0 aliphatic heterocycles. The summed E-state index contributed by atoms with van der Waals surface area (Å²) in [6.07, 6.45) is 1.57. The molecule has 0 radical (unpaired) electrons. The lowest BCUT2D eigenvalue weighted by molar-refractivity contribution is -0.133. The molecule has 1 heterocycles. The van der Waals surface area contributed by atoms with Crippen LogP contribution in [0.25, 0.3) is 10.9 Å². The minimum atomic E-state index is -0.261. The Morgan fingerprint density at radius 2 is 1.67 bits per heavy atom. The summed E-state index contributed by atoms with van der Waals surface area (Å²) in [4.78, 5) is 43.2. The zero-order valence-corrected chi connectivity index (χ0v) is 17.7. The highest BCUT2D eigenvalue weighted by Gasteiger charge is 2.15. The molecule has 0 fully saturated rings. The van der Waals surface area contributed by atoms with Gasteiger partial charge in [-0.05, 0) is 43.5 Å². The minimum Gasteiger partial charge on any atom is -0.336 e. The number of anilines is 1. The molecule has 3 rings (SSSR count). The molecule has 1 aromatic heterocycles. The number of para-hydroxylation sites is 2. The second-order valence-corrected chi connectivity index (χ2v) is 7.53. The summed E-state index contributed by atoms with van der Waals surface area (Å²) in [5.41, 5.74) is 4.14. The van der Waals surface area contributed by atoms with Crippen molar-refractivity contribution in [2.75, 3.05) is 18.9 Å². The molecule has 30 heavy (non-hydrogen) atoms. The molecular formula is C23H26N4O3. The van der Waals surface area contributed by atoms with E-state index in [-0.39, 0.29) is 36.9 Å². The van der Waals surface area contributed by atoms with Crippen LogP contribution in [0.1, 0.15) is 23.1 Å². The molecule has 7 nitrogen and oxygen atoms in total. The summed E-state index contributed by atoms with van der Waals surface area (Å²) in [6, 6.07) is 11.2. The maximum Gasteiger partial charge on any atom is 0.261 e. The van der Waals surface area contributed by atoms with Crippen molar-refractivity contribution in [3.63, 3.8) is 0 Å². The highest BCUT2D eigenvalue weighted by Crippen LogP contribution is 2.19. The van der Waals surface area contributed by atoms with Gasteiger partial charge in [0.05, 0.1) is 23.8 Å². The Bertz CT molecular complexity index is 1150. The molecule has 0 spiro atoms. The van der Waals surface area contributed by atoms with Crippen LogP contribution in [-0.2, 0) is 16.1 Å². The summed E-state index contributed by atoms with van der Waals surface area (Å²) in [7, 11) is 1.58. The smallest absolute Gasteiger partial charge is 0.261 e. The van der Waals surface area contributed by atoms with E-state index in [0.29, 0.717) is 10.9 Å². The Balaban J connectivity index is 1.61. The van der Waals surface area contributed by atoms with Gasteiger partial charge in [-0.2, -0.15) is 0 Å². The zero-order valence-electron chi connectivity index (χ0n) is 17.7. The van der Waals surface area contributed by atoms with Crippen LogP contribution < -0.4 is 10.9 Å². The molecular weight excluding hydrogens is 380 g/mol. The third kappa shape index (κ3) is 4.56. The van der Waals surface area contributed by atoms with E-state index in [1.807, 2.05) is 51.1 Å². The number of likely N-dealkylation sites (N-methyl/N-ethyl adjacent to an activating group) is 1. The lowest BCUT2D eigenvalue weighted by atomic mass is 10.1. The Morgan fingerprint density at radius 3 is 2.37 bits per heavy atom. The van der Waals surface area contributed by atoms with Gasteiger partial charge < -0.3 is 10.2 Å². The molecule has 3 aromatic rings. The van der Waals surface area contributed by atoms with E-state index >= 15 is 0 Å². The number of carbonyl (C=O) groups is 2. The van der Waals surface area contributed by atoms with Crippen LogP contribution in [-0.4, -0.2) is 39.9 Å². The molecule has 0 bridgehead atoms. The summed E-state index contributed by atoms with van der Waals surface area (Å²) in [5.74, 6) is -0.480. The van der Waals surface area contributed by atoms with Gasteiger partial charge in [-0.3, -0.25) is 19.0 Å². The van der Waals surface area contributed by atoms with Gasteiger partial charge in [-0.25, -0.2) is 4.98 Å². The number of aryl methyl sites for hydroxylation is 4. The molecule has 2 amide bonds. The van der Waals surface area contributed by atoms with Crippen LogP contribution in [0, 0.1) is 20.8 Å². The summed E-state index contributed by atoms with van der Waals surface area (Å²) in [6.45, 7) is 5.90. The number of fused-ring (bicyclic) bond motifs is 1. The molecule has 0 unspecified atom stereocenters. The number of rotatable bonds is 6. The van der Waals surface area contributed by atoms with Gasteiger partial charge >= 0.3 is 0 Å². The normalized spacial score (nSPS) is 10.8. The number of aromatic nitrogens is 2. The van der Waals surface area contributed by atoms with Crippen molar-refractivity contribution < 1.29 is 9.59 Å². The molecule has 0 saturated heterocycles. The average Bonchev–Trinajstić information content (AvgIpc) is 2.70. The maximum atomic E-state index is 12.6. The van der Waals surface area contributed by atoms with Crippen molar-refractivity contribution in [2.45, 2.75) is 33.7 Å². The van der Waals surface area contributed by atoms with Gasteiger partial charge in [-0.15, -0.1) is 0 Å². The first-order chi connectivity index (χ1) is 14.3. The van der Waals surface area contributed by atoms with Crippen molar-refractivity contribution in [2.24, 2.45) is 0 Å². The fraction of sp³-hybridized carbons (Fsp3) is 0.304. The Morgan fingerprint density at radius 1 is 1.03 bits per heavy atom. The fourth-order valence-electron chi connectivity index (χ4n) is 3.40. The second kappa shape index (κ2) is 8.90. The summed E-state index contributed by atoms with van der Waals surface area (Å²) in [5, 5.41) is 3.41. The predicted molar refractivity (Wildman–Crippen MR) is 118 cm³/mol. The molecule has 2 aromatic carbocycles. The lowest BCUT2D eigenvalue weighted by Gasteiger charge is -2.18. The first kappa shape index (κ1) is 21.2. The highest BCUT2D eigenvalue weighted by atomic mass is 16.2. The summed E-state index contributed by atoms with van der Waals surface area (Å²) >= 11 is 0. The highest BCUT2D eigenvalue weighted by molar-refractivity contribution is 5.95. The molecule has 0 saturated carbocycles. The number of hydrogen-bond donors (Lipinski definition) is 1. The molecule has 7 heteroatoms. The van der Waals surface area contributed by atoms with Crippen LogP contribution in [0.2, 0.25) is 0 Å². The molecule has 0 aliphatic rings. The van der Waals surface area contributed by atoms with Gasteiger partial charge in [0, 0.05) is 25.7 Å². The number of hydrogen-bond acceptors (Lipinski definition) is 4. The van der Waals surface area contributed by atoms with Crippen LogP contribution in [0.4, 0.5) is 5.69 Å². The molecule has 1 N–H and O–H groups in total. The number of carbonyl (C=O) groups excluding carboxylic acids is 2. The quantitative estimate of drug-likeness (QED) is 0.682. The van der Waals surface area contributed by atoms with Crippen molar-refractivity contribution in [3.05, 3.63) is 69.8 Å². The van der Waals surface area contributed by atoms with E-state index in [2.05, 4.69) is 10.3 Å². The van der Waals surface area contributed by atoms with E-state index in [1.165, 1.54) is 15.8 Å². The standard InChI is InChI=1S/C23H26N4O3/c1-15-7-5-8-16(2)21(15)25-19(28)13-26(4)20(29)11-12-27-14-24-22-17(3)9-6-10-18(22)23(27)30/h5-10,14H,11-13H2,1-4H3,(H,25,28). The predicted octanol–water partition coefficient (Wildman–Crippen LogP) is 2.81. The number of amides is 2. The number of nitrogens with one attached hydrogen (secondary N) is 1. The van der Waals surface area contributed by atoms with Gasteiger partial charge in [0.15, 0.2) is 0 Å². The van der Waals surface area contributed by atoms with Crippen LogP contribution >= 0.6 is 0 Å². The first-order valence-electron chi connectivity index (χ1n) is 9.82. The van der Waals surface area contributed by atoms with Gasteiger partial charge in [0.2, 0.25) is 11.8 Å². The summed E-state index contributed by atoms with van der Waals surface area (Å²) < 4.78 is 1.43. The van der Waals surface area contributed by atoms with E-state index in [0.717, 1.165) is 22.4 Å². The Kier molecular flexibility index (Phi) is 6.30. The zero-order chi connectivity index (χ0) is 21.8. The first-order valence-corrected chi connectivity index (χ1v) is 9.82. The van der Waals surface area contributed by atoms with Crippen LogP contribution in [0.15, 0.2) is 47.5 Å². The Labute approximate surface area is 175 Å². The fourth-order valence-corrected chi connectivity index (χ4v) is 3.40. The lowest BCUT2D eigenvalue weighted by Crippen LogP contribution is -2.36. The topological polar surface area (TPSA) is 84.3 Å². The molecule has 0 atom stereocenters. The van der Waals surface area contributed by atoms with Crippen molar-refractivity contribution in [1.82, 2.24) is 14.5 Å². The largest absolute Gasteiger partial charge is 0.336 e. The van der Waals surface area contributed by atoms with Crippen molar-refractivity contribution in [3.8, 4) is 0 Å². The van der Waals surface area contributed by atoms with Gasteiger partial charge in [0.25, 0.3) is 5.56 Å². The van der Waals surface area contributed by atoms with Crippen LogP contribution in [0.3, 0.4) is 0 Å². The number of nitrogens with zero attached hydrogens (tertiary/aromatic N) is 3.